The summed E-state index contributed by atoms with van der Waals surface area (Å²) in [7, 11) is 0. The van der Waals surface area contributed by atoms with Crippen LogP contribution in [0.4, 0.5) is 0 Å². The van der Waals surface area contributed by atoms with Crippen LogP contribution in [-0.2, 0) is 14.3 Å². The van der Waals surface area contributed by atoms with Gasteiger partial charge < -0.3 is 20.3 Å². The van der Waals surface area contributed by atoms with Gasteiger partial charge in [0.2, 0.25) is 5.91 Å². The fraction of sp³-hybridized carbons (Fsp3) is 0.837. The highest BCUT2D eigenvalue weighted by molar-refractivity contribution is 5.77. The van der Waals surface area contributed by atoms with Crippen LogP contribution >= 0.6 is 0 Å². The lowest BCUT2D eigenvalue weighted by molar-refractivity contribution is -0.151. The quantitative estimate of drug-likeness (QED) is 0.0326. The molecule has 3 unspecified atom stereocenters. The lowest BCUT2D eigenvalue weighted by Gasteiger charge is -2.24. The maximum absolute atomic E-state index is 13.1. The number of ether oxygens (including phenoxy) is 1. The lowest BCUT2D eigenvalue weighted by atomic mass is 10.0. The maximum atomic E-state index is 13.1. The van der Waals surface area contributed by atoms with Crippen molar-refractivity contribution in [1.29, 1.82) is 0 Å². The average molecular weight is 774 g/mol. The van der Waals surface area contributed by atoms with Gasteiger partial charge in [-0.25, -0.2) is 0 Å². The topological polar surface area (TPSA) is 95.9 Å². The van der Waals surface area contributed by atoms with Gasteiger partial charge in [-0.15, -0.1) is 0 Å². The number of aliphatic hydroxyl groups excluding tert-OH is 2. The van der Waals surface area contributed by atoms with Crippen molar-refractivity contribution in [3.63, 3.8) is 0 Å². The molecular formula is C49H91NO5. The second-order valence-electron chi connectivity index (χ2n) is 16.2. The summed E-state index contributed by atoms with van der Waals surface area (Å²) < 4.78 is 5.89. The molecule has 0 fully saturated rings. The predicted octanol–water partition coefficient (Wildman–Crippen LogP) is 13.7. The van der Waals surface area contributed by atoms with Crippen LogP contribution in [0, 0.1) is 0 Å². The van der Waals surface area contributed by atoms with E-state index in [0.29, 0.717) is 19.3 Å². The minimum Gasteiger partial charge on any atom is -0.462 e. The van der Waals surface area contributed by atoms with Gasteiger partial charge in [-0.3, -0.25) is 9.59 Å². The number of esters is 1. The molecule has 0 aliphatic heterocycles. The minimum atomic E-state index is -0.792. The molecule has 322 valence electrons. The first-order chi connectivity index (χ1) is 27.0. The normalized spacial score (nSPS) is 13.6. The first-order valence-corrected chi connectivity index (χ1v) is 23.7. The van der Waals surface area contributed by atoms with Crippen molar-refractivity contribution in [3.05, 3.63) is 36.5 Å². The van der Waals surface area contributed by atoms with Crippen molar-refractivity contribution in [3.8, 4) is 0 Å². The van der Waals surface area contributed by atoms with Crippen LogP contribution < -0.4 is 5.32 Å². The Hall–Kier alpha value is -1.92. The number of carbonyl (C=O) groups is 2. The molecule has 0 radical (unpaired) electrons. The number of nitrogens with one attached hydrogen (secondary N) is 1. The molecule has 55 heavy (non-hydrogen) atoms. The van der Waals surface area contributed by atoms with Crippen molar-refractivity contribution < 1.29 is 24.5 Å². The van der Waals surface area contributed by atoms with Gasteiger partial charge in [0.05, 0.1) is 25.2 Å². The second-order valence-corrected chi connectivity index (χ2v) is 16.2. The Morgan fingerprint density at radius 2 is 0.927 bits per heavy atom. The average Bonchev–Trinajstić information content (AvgIpc) is 3.18. The van der Waals surface area contributed by atoms with E-state index >= 15 is 0 Å². The van der Waals surface area contributed by atoms with Crippen molar-refractivity contribution in [1.82, 2.24) is 5.32 Å². The molecule has 3 atom stereocenters. The number of carbonyl (C=O) groups excluding carboxylic acids is 2. The van der Waals surface area contributed by atoms with Crippen LogP contribution in [0.15, 0.2) is 36.5 Å². The van der Waals surface area contributed by atoms with Gasteiger partial charge in [0.15, 0.2) is 0 Å². The van der Waals surface area contributed by atoms with E-state index in [1.165, 1.54) is 122 Å². The zero-order valence-electron chi connectivity index (χ0n) is 36.6. The van der Waals surface area contributed by atoms with Gasteiger partial charge in [-0.05, 0) is 51.4 Å². The number of hydrogen-bond acceptors (Lipinski definition) is 5. The SMILES string of the molecule is CCCCCCC/C=C/C=C/C=C/CCCCCC(CC(=O)NC(CO)C(O)CCCCCCCCCCCC)OC(=O)CCCCCCCCCCCC. The van der Waals surface area contributed by atoms with Crippen LogP contribution in [-0.4, -0.2) is 46.9 Å². The molecule has 0 spiro atoms. The summed E-state index contributed by atoms with van der Waals surface area (Å²) in [5.41, 5.74) is 0. The number of amides is 1. The van der Waals surface area contributed by atoms with Crippen molar-refractivity contribution >= 4 is 11.9 Å². The van der Waals surface area contributed by atoms with Gasteiger partial charge in [0, 0.05) is 6.42 Å². The molecule has 0 saturated heterocycles. The first kappa shape index (κ1) is 53.1. The highest BCUT2D eigenvalue weighted by Crippen LogP contribution is 2.17. The van der Waals surface area contributed by atoms with Crippen molar-refractivity contribution in [2.24, 2.45) is 0 Å². The largest absolute Gasteiger partial charge is 0.462 e. The summed E-state index contributed by atoms with van der Waals surface area (Å²) in [6.45, 7) is 6.43. The molecule has 0 aliphatic carbocycles. The van der Waals surface area contributed by atoms with E-state index in [9.17, 15) is 19.8 Å². The predicted molar refractivity (Wildman–Crippen MR) is 236 cm³/mol. The van der Waals surface area contributed by atoms with Gasteiger partial charge in [0.25, 0.3) is 0 Å². The number of rotatable bonds is 42. The highest BCUT2D eigenvalue weighted by Gasteiger charge is 2.24. The van der Waals surface area contributed by atoms with E-state index in [0.717, 1.165) is 70.6 Å². The zero-order valence-corrected chi connectivity index (χ0v) is 36.6. The molecule has 0 bridgehead atoms. The van der Waals surface area contributed by atoms with Crippen LogP contribution in [0.2, 0.25) is 0 Å². The maximum Gasteiger partial charge on any atom is 0.306 e. The molecule has 0 rings (SSSR count). The Balaban J connectivity index is 4.66. The Morgan fingerprint density at radius 3 is 1.40 bits per heavy atom. The van der Waals surface area contributed by atoms with Crippen LogP contribution in [0.5, 0.6) is 0 Å². The molecule has 1 amide bonds. The van der Waals surface area contributed by atoms with Crippen LogP contribution in [0.1, 0.15) is 239 Å². The molecule has 0 aliphatic rings. The van der Waals surface area contributed by atoms with Gasteiger partial charge in [-0.2, -0.15) is 0 Å². The number of allylic oxidation sites excluding steroid dienone is 6. The summed E-state index contributed by atoms with van der Waals surface area (Å²) >= 11 is 0. The summed E-state index contributed by atoms with van der Waals surface area (Å²) in [5.74, 6) is -0.504. The minimum absolute atomic E-state index is 0.0577. The number of unbranched alkanes of at least 4 members (excludes halogenated alkanes) is 26. The molecule has 0 aromatic heterocycles. The zero-order chi connectivity index (χ0) is 40.3. The summed E-state index contributed by atoms with van der Waals surface area (Å²) in [4.78, 5) is 26.0. The third-order valence-corrected chi connectivity index (χ3v) is 10.8. The van der Waals surface area contributed by atoms with Gasteiger partial charge in [0.1, 0.15) is 6.10 Å². The Labute approximate surface area is 341 Å². The van der Waals surface area contributed by atoms with Crippen molar-refractivity contribution in [2.75, 3.05) is 6.61 Å². The lowest BCUT2D eigenvalue weighted by Crippen LogP contribution is -2.46. The summed E-state index contributed by atoms with van der Waals surface area (Å²) in [6.07, 6.45) is 49.1. The molecule has 0 aromatic rings. The van der Waals surface area contributed by atoms with E-state index < -0.39 is 18.2 Å². The fourth-order valence-corrected chi connectivity index (χ4v) is 7.14. The highest BCUT2D eigenvalue weighted by atomic mass is 16.5. The molecule has 0 aromatic carbocycles. The van der Waals surface area contributed by atoms with Crippen LogP contribution in [0.25, 0.3) is 0 Å². The summed E-state index contributed by atoms with van der Waals surface area (Å²) in [6, 6.07) is -0.707. The van der Waals surface area contributed by atoms with E-state index in [2.05, 4.69) is 62.5 Å². The van der Waals surface area contributed by atoms with Gasteiger partial charge in [-0.1, -0.05) is 211 Å². The smallest absolute Gasteiger partial charge is 0.306 e. The van der Waals surface area contributed by atoms with E-state index in [1.807, 2.05) is 0 Å². The molecular weight excluding hydrogens is 683 g/mol. The third-order valence-electron chi connectivity index (χ3n) is 10.8. The molecule has 0 saturated carbocycles. The summed E-state index contributed by atoms with van der Waals surface area (Å²) in [5, 5.41) is 23.6. The van der Waals surface area contributed by atoms with Crippen molar-refractivity contribution in [2.45, 2.75) is 257 Å². The van der Waals surface area contributed by atoms with Gasteiger partial charge >= 0.3 is 5.97 Å². The second kappa shape index (κ2) is 43.2. The number of hydrogen-bond donors (Lipinski definition) is 3. The van der Waals surface area contributed by atoms with E-state index in [4.69, 9.17) is 4.74 Å². The fourth-order valence-electron chi connectivity index (χ4n) is 7.14. The standard InChI is InChI=1S/C49H91NO5/c1-4-7-10-13-16-19-22-23-24-25-26-27-28-31-34-37-40-45(55-49(54)42-39-36-33-30-21-18-15-12-9-6-3)43-48(53)50-46(44-51)47(52)41-38-35-32-29-20-17-14-11-8-5-2/h22-27,45-47,51-52H,4-21,28-44H2,1-3H3,(H,50,53)/b23-22+,25-24+,27-26+. The Kier molecular flexibility index (Phi) is 41.7. The molecule has 6 nitrogen and oxygen atoms in total. The number of aliphatic hydroxyl groups is 2. The first-order valence-electron chi connectivity index (χ1n) is 23.7. The molecule has 0 heterocycles. The molecule has 6 heteroatoms. The Morgan fingerprint density at radius 1 is 0.527 bits per heavy atom. The van der Waals surface area contributed by atoms with E-state index in [-0.39, 0.29) is 24.9 Å². The molecule has 3 N–H and O–H groups in total. The monoisotopic (exact) mass is 774 g/mol. The van der Waals surface area contributed by atoms with Crippen LogP contribution in [0.3, 0.4) is 0 Å². The third kappa shape index (κ3) is 38.7. The Bertz CT molecular complexity index is 915. The van der Waals surface area contributed by atoms with E-state index in [1.54, 1.807) is 0 Å².